The highest BCUT2D eigenvalue weighted by molar-refractivity contribution is 7.15. The molecule has 2 heterocycles. The SMILES string of the molecule is O=C(NCCc1ccccc1)C1CCc2nc(-c3cccnc3)sc2C1. The number of nitrogens with one attached hydrogen (secondary N) is 1. The number of thiazole rings is 1. The minimum Gasteiger partial charge on any atom is -0.356 e. The van der Waals surface area contributed by atoms with Gasteiger partial charge in [0.1, 0.15) is 5.01 Å². The monoisotopic (exact) mass is 363 g/mol. The zero-order valence-electron chi connectivity index (χ0n) is 14.5. The average molecular weight is 363 g/mol. The second-order valence-corrected chi connectivity index (χ2v) is 7.68. The second kappa shape index (κ2) is 7.79. The fourth-order valence-electron chi connectivity index (χ4n) is 3.33. The van der Waals surface area contributed by atoms with E-state index in [0.717, 1.165) is 41.9 Å². The summed E-state index contributed by atoms with van der Waals surface area (Å²) in [6, 6.07) is 14.2. The summed E-state index contributed by atoms with van der Waals surface area (Å²) in [6.45, 7) is 0.690. The van der Waals surface area contributed by atoms with Gasteiger partial charge in [-0.2, -0.15) is 0 Å². The molecule has 1 aliphatic carbocycles. The number of benzene rings is 1. The summed E-state index contributed by atoms with van der Waals surface area (Å²) >= 11 is 1.70. The number of aryl methyl sites for hydroxylation is 1. The fourth-order valence-corrected chi connectivity index (χ4v) is 4.51. The first-order chi connectivity index (χ1) is 12.8. The van der Waals surface area contributed by atoms with Crippen LogP contribution in [0.5, 0.6) is 0 Å². The van der Waals surface area contributed by atoms with Gasteiger partial charge < -0.3 is 5.32 Å². The second-order valence-electron chi connectivity index (χ2n) is 6.60. The molecule has 0 spiro atoms. The van der Waals surface area contributed by atoms with Crippen LogP contribution in [0.4, 0.5) is 0 Å². The van der Waals surface area contributed by atoms with Gasteiger partial charge in [-0.15, -0.1) is 11.3 Å². The van der Waals surface area contributed by atoms with Crippen molar-refractivity contribution >= 4 is 17.2 Å². The molecular formula is C21H21N3OS. The van der Waals surface area contributed by atoms with Crippen LogP contribution < -0.4 is 5.32 Å². The molecule has 2 aromatic heterocycles. The van der Waals surface area contributed by atoms with Crippen LogP contribution >= 0.6 is 11.3 Å². The number of carbonyl (C=O) groups excluding carboxylic acids is 1. The predicted molar refractivity (Wildman–Crippen MR) is 104 cm³/mol. The third-order valence-electron chi connectivity index (χ3n) is 4.77. The maximum atomic E-state index is 12.5. The van der Waals surface area contributed by atoms with E-state index >= 15 is 0 Å². The Bertz CT molecular complexity index is 877. The van der Waals surface area contributed by atoms with Crippen LogP contribution in [0.1, 0.15) is 22.6 Å². The van der Waals surface area contributed by atoms with Crippen molar-refractivity contribution < 1.29 is 4.79 Å². The summed E-state index contributed by atoms with van der Waals surface area (Å²) < 4.78 is 0. The van der Waals surface area contributed by atoms with Gasteiger partial charge in [0.2, 0.25) is 5.91 Å². The van der Waals surface area contributed by atoms with Gasteiger partial charge in [0.05, 0.1) is 5.69 Å². The fraction of sp³-hybridized carbons (Fsp3) is 0.286. The number of carbonyl (C=O) groups is 1. The van der Waals surface area contributed by atoms with Gasteiger partial charge in [0.25, 0.3) is 0 Å². The number of pyridine rings is 1. The van der Waals surface area contributed by atoms with E-state index in [0.29, 0.717) is 6.54 Å². The van der Waals surface area contributed by atoms with Crippen LogP contribution in [0.25, 0.3) is 10.6 Å². The molecule has 5 heteroatoms. The molecule has 0 saturated carbocycles. The van der Waals surface area contributed by atoms with Crippen molar-refractivity contribution in [3.05, 3.63) is 71.0 Å². The van der Waals surface area contributed by atoms with Gasteiger partial charge in [0, 0.05) is 35.3 Å². The Kier molecular flexibility index (Phi) is 5.07. The molecule has 3 aromatic rings. The van der Waals surface area contributed by atoms with E-state index in [4.69, 9.17) is 4.98 Å². The molecule has 26 heavy (non-hydrogen) atoms. The van der Waals surface area contributed by atoms with E-state index in [9.17, 15) is 4.79 Å². The summed E-state index contributed by atoms with van der Waals surface area (Å²) in [4.78, 5) is 22.7. The molecule has 1 aliphatic rings. The number of hydrogen-bond donors (Lipinski definition) is 1. The molecule has 1 N–H and O–H groups in total. The highest BCUT2D eigenvalue weighted by atomic mass is 32.1. The van der Waals surface area contributed by atoms with Crippen molar-refractivity contribution in [3.63, 3.8) is 0 Å². The van der Waals surface area contributed by atoms with Crippen LogP contribution in [-0.4, -0.2) is 22.4 Å². The quantitative estimate of drug-likeness (QED) is 0.752. The Morgan fingerprint density at radius 1 is 1.19 bits per heavy atom. The van der Waals surface area contributed by atoms with Crippen molar-refractivity contribution in [2.75, 3.05) is 6.54 Å². The molecule has 1 atom stereocenters. The predicted octanol–water partition coefficient (Wildman–Crippen LogP) is 3.67. The molecule has 1 aromatic carbocycles. The third kappa shape index (κ3) is 3.83. The van der Waals surface area contributed by atoms with Crippen LogP contribution in [0.2, 0.25) is 0 Å². The van der Waals surface area contributed by atoms with E-state index in [2.05, 4.69) is 22.4 Å². The molecule has 4 rings (SSSR count). The number of amides is 1. The third-order valence-corrected chi connectivity index (χ3v) is 5.94. The summed E-state index contributed by atoms with van der Waals surface area (Å²) in [5.74, 6) is 0.225. The average Bonchev–Trinajstić information content (AvgIpc) is 3.13. The topological polar surface area (TPSA) is 54.9 Å². The van der Waals surface area contributed by atoms with Gasteiger partial charge in [-0.3, -0.25) is 9.78 Å². The van der Waals surface area contributed by atoms with Crippen LogP contribution in [0.3, 0.4) is 0 Å². The Morgan fingerprint density at radius 2 is 2.08 bits per heavy atom. The lowest BCUT2D eigenvalue weighted by molar-refractivity contribution is -0.125. The smallest absolute Gasteiger partial charge is 0.223 e. The molecule has 0 fully saturated rings. The normalized spacial score (nSPS) is 16.1. The summed E-state index contributed by atoms with van der Waals surface area (Å²) in [5.41, 5.74) is 3.46. The summed E-state index contributed by atoms with van der Waals surface area (Å²) in [5, 5.41) is 4.11. The van der Waals surface area contributed by atoms with Crippen LogP contribution in [-0.2, 0) is 24.1 Å². The summed E-state index contributed by atoms with van der Waals surface area (Å²) in [7, 11) is 0. The van der Waals surface area contributed by atoms with E-state index in [-0.39, 0.29) is 11.8 Å². The lowest BCUT2D eigenvalue weighted by atomic mass is 9.90. The van der Waals surface area contributed by atoms with E-state index in [1.54, 1.807) is 17.5 Å². The highest BCUT2D eigenvalue weighted by Crippen LogP contribution is 2.34. The maximum absolute atomic E-state index is 12.5. The largest absolute Gasteiger partial charge is 0.356 e. The Morgan fingerprint density at radius 3 is 2.88 bits per heavy atom. The van der Waals surface area contributed by atoms with Crippen molar-refractivity contribution in [2.24, 2.45) is 5.92 Å². The van der Waals surface area contributed by atoms with Crippen molar-refractivity contribution in [3.8, 4) is 10.6 Å². The Labute approximate surface area is 157 Å². The minimum absolute atomic E-state index is 0.0560. The number of hydrogen-bond acceptors (Lipinski definition) is 4. The number of fused-ring (bicyclic) bond motifs is 1. The lowest BCUT2D eigenvalue weighted by Crippen LogP contribution is -2.35. The van der Waals surface area contributed by atoms with E-state index in [1.165, 1.54) is 10.4 Å². The summed E-state index contributed by atoms with van der Waals surface area (Å²) in [6.07, 6.45) is 7.04. The first kappa shape index (κ1) is 16.9. The first-order valence-corrected chi connectivity index (χ1v) is 9.82. The Hall–Kier alpha value is -2.53. The van der Waals surface area contributed by atoms with Gasteiger partial charge in [0.15, 0.2) is 0 Å². The minimum atomic E-state index is 0.0560. The molecule has 4 nitrogen and oxygen atoms in total. The molecule has 1 unspecified atom stereocenters. The molecule has 1 amide bonds. The van der Waals surface area contributed by atoms with Crippen LogP contribution in [0.15, 0.2) is 54.9 Å². The molecule has 132 valence electrons. The first-order valence-electron chi connectivity index (χ1n) is 9.00. The standard InChI is InChI=1S/C21H21N3OS/c25-20(23-12-10-15-5-2-1-3-6-15)16-8-9-18-19(13-16)26-21(24-18)17-7-4-11-22-14-17/h1-7,11,14,16H,8-10,12-13H2,(H,23,25). The molecule has 0 aliphatic heterocycles. The Balaban J connectivity index is 1.36. The lowest BCUT2D eigenvalue weighted by Gasteiger charge is -2.20. The molecule has 0 bridgehead atoms. The van der Waals surface area contributed by atoms with Gasteiger partial charge in [-0.05, 0) is 43.4 Å². The van der Waals surface area contributed by atoms with Gasteiger partial charge in [-0.1, -0.05) is 30.3 Å². The van der Waals surface area contributed by atoms with Crippen molar-refractivity contribution in [2.45, 2.75) is 25.7 Å². The van der Waals surface area contributed by atoms with Crippen molar-refractivity contribution in [1.29, 1.82) is 0 Å². The zero-order chi connectivity index (χ0) is 17.8. The van der Waals surface area contributed by atoms with Gasteiger partial charge in [-0.25, -0.2) is 4.98 Å². The number of aromatic nitrogens is 2. The molecular weight excluding hydrogens is 342 g/mol. The van der Waals surface area contributed by atoms with E-state index in [1.807, 2.05) is 36.5 Å². The zero-order valence-corrected chi connectivity index (χ0v) is 15.3. The van der Waals surface area contributed by atoms with Crippen LogP contribution in [0, 0.1) is 5.92 Å². The van der Waals surface area contributed by atoms with Gasteiger partial charge >= 0.3 is 0 Å². The highest BCUT2D eigenvalue weighted by Gasteiger charge is 2.27. The van der Waals surface area contributed by atoms with E-state index < -0.39 is 0 Å². The van der Waals surface area contributed by atoms with Crippen molar-refractivity contribution in [1.82, 2.24) is 15.3 Å². The number of nitrogens with zero attached hydrogens (tertiary/aromatic N) is 2. The molecule has 0 radical (unpaired) electrons. The number of rotatable bonds is 5. The maximum Gasteiger partial charge on any atom is 0.223 e. The molecule has 0 saturated heterocycles.